The molecule has 0 aromatic rings. The van der Waals surface area contributed by atoms with Gasteiger partial charge in [-0.2, -0.15) is 11.8 Å². The highest BCUT2D eigenvalue weighted by molar-refractivity contribution is 7.98. The zero-order valence-corrected chi connectivity index (χ0v) is 18.8. The standard InChI is InChI=1S/C19H36N4O5S/c1-6-12(4)16(20)18(26)21-10-15(24)22-14(9-11(2)3)17(25)23-13(19(27)28)7-8-29-5/h11-14,16H,6-10,20H2,1-5H3,(H,21,26)(H,22,24)(H,23,25)(H,27,28)/t12-,13-,14+,16-/m0/s1. The van der Waals surface area contributed by atoms with Crippen molar-refractivity contribution in [3.63, 3.8) is 0 Å². The van der Waals surface area contributed by atoms with Gasteiger partial charge in [-0.25, -0.2) is 4.79 Å². The van der Waals surface area contributed by atoms with Crippen molar-refractivity contribution >= 4 is 35.5 Å². The minimum atomic E-state index is -1.12. The number of nitrogens with one attached hydrogen (secondary N) is 3. The quantitative estimate of drug-likeness (QED) is 0.265. The van der Waals surface area contributed by atoms with Gasteiger partial charge in [0.25, 0.3) is 0 Å². The summed E-state index contributed by atoms with van der Waals surface area (Å²) in [6.07, 6.45) is 3.21. The van der Waals surface area contributed by atoms with Crippen LogP contribution in [0.5, 0.6) is 0 Å². The lowest BCUT2D eigenvalue weighted by atomic mass is 9.99. The van der Waals surface area contributed by atoms with Gasteiger partial charge in [-0.15, -0.1) is 0 Å². The SMILES string of the molecule is CC[C@H](C)[C@H](N)C(=O)NCC(=O)N[C@H](CC(C)C)C(=O)N[C@@H](CCSC)C(=O)O. The van der Waals surface area contributed by atoms with Crippen LogP contribution < -0.4 is 21.7 Å². The molecule has 10 heteroatoms. The van der Waals surface area contributed by atoms with Gasteiger partial charge in [-0.1, -0.05) is 34.1 Å². The minimum absolute atomic E-state index is 0.0215. The molecule has 0 aliphatic rings. The van der Waals surface area contributed by atoms with Crippen molar-refractivity contribution in [3.8, 4) is 0 Å². The summed E-state index contributed by atoms with van der Waals surface area (Å²) < 4.78 is 0. The number of hydrogen-bond donors (Lipinski definition) is 5. The van der Waals surface area contributed by atoms with E-state index in [1.165, 1.54) is 11.8 Å². The smallest absolute Gasteiger partial charge is 0.326 e. The number of thioether (sulfide) groups is 1. The van der Waals surface area contributed by atoms with E-state index in [0.29, 0.717) is 12.2 Å². The molecule has 0 radical (unpaired) electrons. The van der Waals surface area contributed by atoms with Crippen molar-refractivity contribution in [3.05, 3.63) is 0 Å². The van der Waals surface area contributed by atoms with Gasteiger partial charge in [-0.3, -0.25) is 14.4 Å². The molecule has 3 amide bonds. The first-order valence-corrected chi connectivity index (χ1v) is 11.3. The Balaban J connectivity index is 4.88. The Morgan fingerprint density at radius 3 is 2.14 bits per heavy atom. The molecule has 0 aromatic heterocycles. The van der Waals surface area contributed by atoms with Crippen molar-refractivity contribution < 1.29 is 24.3 Å². The Bertz CT molecular complexity index is 559. The van der Waals surface area contributed by atoms with Crippen LogP contribution in [0.4, 0.5) is 0 Å². The van der Waals surface area contributed by atoms with Gasteiger partial charge in [-0.05, 0) is 36.7 Å². The molecular weight excluding hydrogens is 396 g/mol. The molecule has 0 aromatic carbocycles. The Labute approximate surface area is 177 Å². The minimum Gasteiger partial charge on any atom is -0.480 e. The average Bonchev–Trinajstić information content (AvgIpc) is 2.66. The maximum Gasteiger partial charge on any atom is 0.326 e. The molecule has 29 heavy (non-hydrogen) atoms. The molecule has 0 unspecified atom stereocenters. The number of carboxylic acid groups (broad SMARTS) is 1. The van der Waals surface area contributed by atoms with Crippen molar-refractivity contribution in [1.82, 2.24) is 16.0 Å². The van der Waals surface area contributed by atoms with E-state index in [0.717, 1.165) is 6.42 Å². The molecular formula is C19H36N4O5S. The van der Waals surface area contributed by atoms with Gasteiger partial charge < -0.3 is 26.8 Å². The van der Waals surface area contributed by atoms with Gasteiger partial charge in [0.05, 0.1) is 12.6 Å². The largest absolute Gasteiger partial charge is 0.480 e. The van der Waals surface area contributed by atoms with Gasteiger partial charge >= 0.3 is 5.97 Å². The monoisotopic (exact) mass is 432 g/mol. The molecule has 0 rings (SSSR count). The Hall–Kier alpha value is -1.81. The van der Waals surface area contributed by atoms with Crippen molar-refractivity contribution in [2.45, 2.75) is 65.1 Å². The number of carboxylic acids is 1. The highest BCUT2D eigenvalue weighted by Gasteiger charge is 2.27. The fraction of sp³-hybridized carbons (Fsp3) is 0.789. The molecule has 0 saturated heterocycles. The van der Waals surface area contributed by atoms with Crippen LogP contribution in [0.2, 0.25) is 0 Å². The van der Waals surface area contributed by atoms with Gasteiger partial charge in [0.15, 0.2) is 0 Å². The molecule has 0 spiro atoms. The number of rotatable bonds is 14. The number of carbonyl (C=O) groups is 4. The van der Waals surface area contributed by atoms with E-state index in [9.17, 15) is 24.3 Å². The summed E-state index contributed by atoms with van der Waals surface area (Å²) in [6.45, 7) is 7.25. The molecule has 0 aliphatic carbocycles. The molecule has 0 fully saturated rings. The fourth-order valence-electron chi connectivity index (χ4n) is 2.51. The van der Waals surface area contributed by atoms with E-state index in [2.05, 4.69) is 16.0 Å². The average molecular weight is 433 g/mol. The normalized spacial score (nSPS) is 15.1. The molecule has 0 aliphatic heterocycles. The van der Waals surface area contributed by atoms with Gasteiger partial charge in [0, 0.05) is 0 Å². The van der Waals surface area contributed by atoms with Crippen LogP contribution in [0.1, 0.15) is 47.0 Å². The van der Waals surface area contributed by atoms with Crippen LogP contribution in [0.25, 0.3) is 0 Å². The lowest BCUT2D eigenvalue weighted by Crippen LogP contribution is -2.54. The third kappa shape index (κ3) is 11.1. The van der Waals surface area contributed by atoms with Crippen molar-refractivity contribution in [1.29, 1.82) is 0 Å². The summed E-state index contributed by atoms with van der Waals surface area (Å²) in [5, 5.41) is 16.8. The molecule has 0 saturated carbocycles. The summed E-state index contributed by atoms with van der Waals surface area (Å²) in [6, 6.07) is -2.62. The maximum absolute atomic E-state index is 12.6. The predicted octanol–water partition coefficient (Wildman–Crippen LogP) is 0.329. The highest BCUT2D eigenvalue weighted by Crippen LogP contribution is 2.08. The lowest BCUT2D eigenvalue weighted by Gasteiger charge is -2.23. The first-order valence-electron chi connectivity index (χ1n) is 9.88. The van der Waals surface area contributed by atoms with E-state index < -0.39 is 41.8 Å². The van der Waals surface area contributed by atoms with Crippen LogP contribution in [0.15, 0.2) is 0 Å². The Kier molecular flexibility index (Phi) is 13.3. The third-order valence-electron chi connectivity index (χ3n) is 4.57. The second-order valence-corrected chi connectivity index (χ2v) is 8.55. The third-order valence-corrected chi connectivity index (χ3v) is 5.21. The number of nitrogens with two attached hydrogens (primary N) is 1. The van der Waals surface area contributed by atoms with E-state index in [4.69, 9.17) is 5.73 Å². The van der Waals surface area contributed by atoms with Crippen molar-refractivity contribution in [2.24, 2.45) is 17.6 Å². The summed E-state index contributed by atoms with van der Waals surface area (Å²) in [4.78, 5) is 48.2. The van der Waals surface area contributed by atoms with Crippen molar-refractivity contribution in [2.75, 3.05) is 18.6 Å². The molecule has 9 nitrogen and oxygen atoms in total. The molecule has 6 N–H and O–H groups in total. The molecule has 168 valence electrons. The van der Waals surface area contributed by atoms with Gasteiger partial charge in [0.2, 0.25) is 17.7 Å². The van der Waals surface area contributed by atoms with Crippen LogP contribution in [0.3, 0.4) is 0 Å². The lowest BCUT2D eigenvalue weighted by molar-refractivity contribution is -0.142. The van der Waals surface area contributed by atoms with E-state index in [-0.39, 0.29) is 24.8 Å². The summed E-state index contributed by atoms with van der Waals surface area (Å²) in [7, 11) is 0. The summed E-state index contributed by atoms with van der Waals surface area (Å²) >= 11 is 1.48. The van der Waals surface area contributed by atoms with Crippen LogP contribution >= 0.6 is 11.8 Å². The van der Waals surface area contributed by atoms with E-state index >= 15 is 0 Å². The number of amides is 3. The number of carbonyl (C=O) groups excluding carboxylic acids is 3. The zero-order chi connectivity index (χ0) is 22.6. The van der Waals surface area contributed by atoms with E-state index in [1.54, 1.807) is 0 Å². The zero-order valence-electron chi connectivity index (χ0n) is 18.0. The van der Waals surface area contributed by atoms with Crippen LogP contribution in [0, 0.1) is 11.8 Å². The first kappa shape index (κ1) is 27.2. The van der Waals surface area contributed by atoms with Crippen LogP contribution in [-0.4, -0.2) is 65.5 Å². The number of hydrogen-bond acceptors (Lipinski definition) is 6. The van der Waals surface area contributed by atoms with Gasteiger partial charge in [0.1, 0.15) is 12.1 Å². The summed E-state index contributed by atoms with van der Waals surface area (Å²) in [5.74, 6) is -1.98. The highest BCUT2D eigenvalue weighted by atomic mass is 32.2. The molecule has 0 bridgehead atoms. The second-order valence-electron chi connectivity index (χ2n) is 7.56. The second kappa shape index (κ2) is 14.2. The fourth-order valence-corrected chi connectivity index (χ4v) is 2.98. The molecule has 4 atom stereocenters. The van der Waals surface area contributed by atoms with E-state index in [1.807, 2.05) is 34.0 Å². The predicted molar refractivity (Wildman–Crippen MR) is 114 cm³/mol. The Morgan fingerprint density at radius 2 is 1.66 bits per heavy atom. The molecule has 0 heterocycles. The summed E-state index contributed by atoms with van der Waals surface area (Å²) in [5.41, 5.74) is 5.83. The topological polar surface area (TPSA) is 151 Å². The maximum atomic E-state index is 12.6. The first-order chi connectivity index (χ1) is 13.5. The Morgan fingerprint density at radius 1 is 1.03 bits per heavy atom. The number of aliphatic carboxylic acids is 1. The van der Waals surface area contributed by atoms with Crippen LogP contribution in [-0.2, 0) is 19.2 Å².